The first-order valence-electron chi connectivity index (χ1n) is 6.52. The predicted molar refractivity (Wildman–Crippen MR) is 76.9 cm³/mol. The maximum absolute atomic E-state index is 5.18. The molecule has 1 N–H and O–H groups in total. The van der Waals surface area contributed by atoms with E-state index < -0.39 is 0 Å². The van der Waals surface area contributed by atoms with Crippen LogP contribution < -0.4 is 5.32 Å². The highest BCUT2D eigenvalue weighted by Crippen LogP contribution is 2.14. The molecule has 0 aliphatic carbocycles. The Balaban J connectivity index is 2.57. The van der Waals surface area contributed by atoms with Crippen LogP contribution in [0.25, 0.3) is 0 Å². The van der Waals surface area contributed by atoms with Gasteiger partial charge in [-0.25, -0.2) is 4.98 Å². The zero-order valence-corrected chi connectivity index (χ0v) is 12.7. The molecule has 0 spiro atoms. The molecule has 0 amide bonds. The van der Waals surface area contributed by atoms with E-state index in [1.165, 1.54) is 5.69 Å². The third kappa shape index (κ3) is 5.02. The number of ether oxygens (including phenoxy) is 1. The topological polar surface area (TPSA) is 37.4 Å². The Morgan fingerprint density at radius 3 is 2.94 bits per heavy atom. The number of hydrogen-bond acceptors (Lipinski definition) is 5. The molecular formula is C13H25N3OS. The van der Waals surface area contributed by atoms with Gasteiger partial charge in [0.1, 0.15) is 5.01 Å². The summed E-state index contributed by atoms with van der Waals surface area (Å²) >= 11 is 1.73. The van der Waals surface area contributed by atoms with E-state index >= 15 is 0 Å². The number of methoxy groups -OCH3 is 1. The minimum atomic E-state index is 0.564. The standard InChI is InChI=1S/C13H25N3OS/c1-5-11(2)16(6-7-17-4)9-12-10-18-13(15-12)8-14-3/h10-11,14H,5-9H2,1-4H3. The Kier molecular flexibility index (Phi) is 7.42. The first-order chi connectivity index (χ1) is 8.71. The molecule has 0 aliphatic heterocycles. The summed E-state index contributed by atoms with van der Waals surface area (Å²) in [5.74, 6) is 0. The summed E-state index contributed by atoms with van der Waals surface area (Å²) in [4.78, 5) is 7.07. The molecule has 1 atom stereocenters. The lowest BCUT2D eigenvalue weighted by molar-refractivity contribution is 0.117. The highest BCUT2D eigenvalue weighted by Gasteiger charge is 2.14. The second kappa shape index (κ2) is 8.58. The molecule has 0 saturated carbocycles. The molecule has 104 valence electrons. The summed E-state index contributed by atoms with van der Waals surface area (Å²) in [5, 5.41) is 6.45. The van der Waals surface area contributed by atoms with E-state index in [1.807, 2.05) is 7.05 Å². The fourth-order valence-electron chi connectivity index (χ4n) is 1.78. The molecule has 0 saturated heterocycles. The zero-order valence-electron chi connectivity index (χ0n) is 11.9. The molecule has 18 heavy (non-hydrogen) atoms. The molecule has 1 heterocycles. The summed E-state index contributed by atoms with van der Waals surface area (Å²) in [6.07, 6.45) is 1.15. The highest BCUT2D eigenvalue weighted by molar-refractivity contribution is 7.09. The van der Waals surface area contributed by atoms with Crippen LogP contribution in [0.15, 0.2) is 5.38 Å². The van der Waals surface area contributed by atoms with Crippen LogP contribution in [0, 0.1) is 0 Å². The van der Waals surface area contributed by atoms with E-state index in [4.69, 9.17) is 4.74 Å². The lowest BCUT2D eigenvalue weighted by atomic mass is 10.2. The third-order valence-electron chi connectivity index (χ3n) is 3.09. The highest BCUT2D eigenvalue weighted by atomic mass is 32.1. The van der Waals surface area contributed by atoms with E-state index in [-0.39, 0.29) is 0 Å². The van der Waals surface area contributed by atoms with Gasteiger partial charge in [-0.3, -0.25) is 4.90 Å². The van der Waals surface area contributed by atoms with Crippen LogP contribution in [0.3, 0.4) is 0 Å². The largest absolute Gasteiger partial charge is 0.383 e. The van der Waals surface area contributed by atoms with Crippen LogP contribution in [0.2, 0.25) is 0 Å². The summed E-state index contributed by atoms with van der Waals surface area (Å²) in [7, 11) is 3.70. The Bertz CT molecular complexity index is 330. The Morgan fingerprint density at radius 2 is 2.33 bits per heavy atom. The lowest BCUT2D eigenvalue weighted by Crippen LogP contribution is -2.35. The van der Waals surface area contributed by atoms with Crippen LogP contribution in [-0.2, 0) is 17.8 Å². The Labute approximate surface area is 114 Å². The van der Waals surface area contributed by atoms with Crippen LogP contribution in [0.1, 0.15) is 31.0 Å². The van der Waals surface area contributed by atoms with E-state index in [2.05, 4.69) is 34.4 Å². The van der Waals surface area contributed by atoms with Gasteiger partial charge < -0.3 is 10.1 Å². The number of nitrogens with zero attached hydrogens (tertiary/aromatic N) is 2. The van der Waals surface area contributed by atoms with Crippen molar-refractivity contribution in [2.75, 3.05) is 27.3 Å². The Hall–Kier alpha value is -0.490. The van der Waals surface area contributed by atoms with Crippen molar-refractivity contribution < 1.29 is 4.74 Å². The van der Waals surface area contributed by atoms with Crippen molar-refractivity contribution in [2.24, 2.45) is 0 Å². The minimum Gasteiger partial charge on any atom is -0.383 e. The average Bonchev–Trinajstić information content (AvgIpc) is 2.81. The summed E-state index contributed by atoms with van der Waals surface area (Å²) < 4.78 is 5.18. The summed E-state index contributed by atoms with van der Waals surface area (Å²) in [6.45, 7) is 7.99. The molecule has 1 rings (SSSR count). The summed E-state index contributed by atoms with van der Waals surface area (Å²) in [5.41, 5.74) is 1.17. The van der Waals surface area contributed by atoms with Gasteiger partial charge in [-0.2, -0.15) is 0 Å². The molecule has 0 bridgehead atoms. The fraction of sp³-hybridized carbons (Fsp3) is 0.769. The van der Waals surface area contributed by atoms with Crippen molar-refractivity contribution in [1.29, 1.82) is 0 Å². The number of rotatable bonds is 9. The van der Waals surface area contributed by atoms with Crippen LogP contribution in [0.4, 0.5) is 0 Å². The van der Waals surface area contributed by atoms with E-state index in [1.54, 1.807) is 18.4 Å². The minimum absolute atomic E-state index is 0.564. The first kappa shape index (κ1) is 15.6. The van der Waals surface area contributed by atoms with Gasteiger partial charge >= 0.3 is 0 Å². The second-order valence-corrected chi connectivity index (χ2v) is 5.43. The van der Waals surface area contributed by atoms with Crippen LogP contribution in [0.5, 0.6) is 0 Å². The number of nitrogens with one attached hydrogen (secondary N) is 1. The van der Waals surface area contributed by atoms with E-state index in [0.717, 1.165) is 37.7 Å². The molecule has 0 aliphatic rings. The molecule has 0 fully saturated rings. The summed E-state index contributed by atoms with van der Waals surface area (Å²) in [6, 6.07) is 0.564. The Morgan fingerprint density at radius 1 is 1.56 bits per heavy atom. The molecule has 1 aromatic heterocycles. The number of hydrogen-bond donors (Lipinski definition) is 1. The number of aromatic nitrogens is 1. The molecule has 0 radical (unpaired) electrons. The van der Waals surface area contributed by atoms with Crippen molar-refractivity contribution >= 4 is 11.3 Å². The van der Waals surface area contributed by atoms with Gasteiger partial charge in [0.15, 0.2) is 0 Å². The van der Waals surface area contributed by atoms with Gasteiger partial charge in [-0.15, -0.1) is 11.3 Å². The van der Waals surface area contributed by atoms with Gasteiger partial charge in [-0.1, -0.05) is 6.92 Å². The molecule has 0 aromatic carbocycles. The van der Waals surface area contributed by atoms with E-state index in [9.17, 15) is 0 Å². The maximum Gasteiger partial charge on any atom is 0.107 e. The lowest BCUT2D eigenvalue weighted by Gasteiger charge is -2.27. The van der Waals surface area contributed by atoms with Gasteiger partial charge in [0, 0.05) is 38.2 Å². The maximum atomic E-state index is 5.18. The fourth-order valence-corrected chi connectivity index (χ4v) is 2.58. The van der Waals surface area contributed by atoms with Gasteiger partial charge in [0.2, 0.25) is 0 Å². The van der Waals surface area contributed by atoms with Crippen molar-refractivity contribution in [3.05, 3.63) is 16.1 Å². The molecule has 1 unspecified atom stereocenters. The van der Waals surface area contributed by atoms with Gasteiger partial charge in [0.25, 0.3) is 0 Å². The third-order valence-corrected chi connectivity index (χ3v) is 3.99. The average molecular weight is 271 g/mol. The second-order valence-electron chi connectivity index (χ2n) is 4.48. The van der Waals surface area contributed by atoms with Crippen molar-refractivity contribution in [2.45, 2.75) is 39.4 Å². The van der Waals surface area contributed by atoms with Crippen molar-refractivity contribution in [1.82, 2.24) is 15.2 Å². The van der Waals surface area contributed by atoms with Crippen LogP contribution in [-0.4, -0.2) is 43.2 Å². The SMILES string of the molecule is CCC(C)N(CCOC)Cc1csc(CNC)n1. The normalized spacial score (nSPS) is 13.2. The number of thiazole rings is 1. The molecular weight excluding hydrogens is 246 g/mol. The quantitative estimate of drug-likeness (QED) is 0.746. The smallest absolute Gasteiger partial charge is 0.107 e. The van der Waals surface area contributed by atoms with Crippen molar-refractivity contribution in [3.63, 3.8) is 0 Å². The molecule has 5 heteroatoms. The monoisotopic (exact) mass is 271 g/mol. The zero-order chi connectivity index (χ0) is 13.4. The van der Waals surface area contributed by atoms with Gasteiger partial charge in [-0.05, 0) is 20.4 Å². The predicted octanol–water partition coefficient (Wildman–Crippen LogP) is 2.11. The van der Waals surface area contributed by atoms with Crippen LogP contribution >= 0.6 is 11.3 Å². The first-order valence-corrected chi connectivity index (χ1v) is 7.40. The van der Waals surface area contributed by atoms with Gasteiger partial charge in [0.05, 0.1) is 12.3 Å². The molecule has 1 aromatic rings. The van der Waals surface area contributed by atoms with E-state index in [0.29, 0.717) is 6.04 Å². The van der Waals surface area contributed by atoms with Crippen molar-refractivity contribution in [3.8, 4) is 0 Å². The molecule has 4 nitrogen and oxygen atoms in total.